The van der Waals surface area contributed by atoms with Gasteiger partial charge in [0.15, 0.2) is 0 Å². The van der Waals surface area contributed by atoms with Crippen LogP contribution in [-0.4, -0.2) is 50.3 Å². The quantitative estimate of drug-likeness (QED) is 0.392. The van der Waals surface area contributed by atoms with Crippen molar-refractivity contribution in [3.8, 4) is 11.1 Å². The first-order valence-corrected chi connectivity index (χ1v) is 16.0. The lowest BCUT2D eigenvalue weighted by atomic mass is 9.85. The maximum Gasteiger partial charge on any atom is 0.417 e. The van der Waals surface area contributed by atoms with E-state index in [1.54, 1.807) is 16.4 Å². The number of ether oxygens (including phenoxy) is 1. The summed E-state index contributed by atoms with van der Waals surface area (Å²) >= 11 is 0. The number of nitrogens with one attached hydrogen (secondary N) is 1. The van der Waals surface area contributed by atoms with E-state index in [9.17, 15) is 22.2 Å². The molecular formula is C31H42F3N3O3S. The Kier molecular flexibility index (Phi) is 9.02. The number of hydrogen-bond donors (Lipinski definition) is 1. The van der Waals surface area contributed by atoms with Gasteiger partial charge in [-0.2, -0.15) is 13.2 Å². The lowest BCUT2D eigenvalue weighted by molar-refractivity contribution is -0.139. The van der Waals surface area contributed by atoms with Crippen molar-refractivity contribution in [1.82, 2.24) is 14.2 Å². The van der Waals surface area contributed by atoms with Crippen molar-refractivity contribution in [1.29, 1.82) is 0 Å². The van der Waals surface area contributed by atoms with E-state index >= 15 is 0 Å². The summed E-state index contributed by atoms with van der Waals surface area (Å²) in [6, 6.07) is 5.91. The molecule has 1 unspecified atom stereocenters. The number of benzene rings is 1. The Bertz CT molecular complexity index is 1280. The van der Waals surface area contributed by atoms with Crippen LogP contribution in [0.3, 0.4) is 0 Å². The SMILES string of the molecule is Cn1c(C(=O)NC2CCOCC2)cc(-c2ccc(S(=O)N3CCCC3(C)C)c(C(F)(F)F)c2)c1CC1CCCCC1. The van der Waals surface area contributed by atoms with Crippen LogP contribution >= 0.6 is 0 Å². The molecule has 1 aliphatic carbocycles. The van der Waals surface area contributed by atoms with E-state index in [4.69, 9.17) is 4.74 Å². The minimum absolute atomic E-state index is 0.0114. The summed E-state index contributed by atoms with van der Waals surface area (Å²) in [5.74, 6) is 0.203. The fourth-order valence-corrected chi connectivity index (χ4v) is 8.32. The molecule has 0 bridgehead atoms. The van der Waals surface area contributed by atoms with Crippen molar-refractivity contribution < 1.29 is 26.9 Å². The summed E-state index contributed by atoms with van der Waals surface area (Å²) < 4.78 is 66.0. The molecule has 2 aromatic rings. The zero-order chi connectivity index (χ0) is 29.4. The molecule has 5 rings (SSSR count). The van der Waals surface area contributed by atoms with Gasteiger partial charge in [-0.25, -0.2) is 8.51 Å². The molecule has 226 valence electrons. The summed E-state index contributed by atoms with van der Waals surface area (Å²) in [5.41, 5.74) is 1.03. The Balaban J connectivity index is 1.54. The molecule has 0 spiro atoms. The maximum atomic E-state index is 14.5. The summed E-state index contributed by atoms with van der Waals surface area (Å²) in [7, 11) is -0.102. The molecule has 1 aromatic carbocycles. The molecule has 1 aromatic heterocycles. The van der Waals surface area contributed by atoms with Crippen molar-refractivity contribution in [2.24, 2.45) is 13.0 Å². The van der Waals surface area contributed by atoms with E-state index in [2.05, 4.69) is 5.32 Å². The molecule has 3 aliphatic rings. The fourth-order valence-electron chi connectivity index (χ4n) is 6.70. The molecule has 1 saturated carbocycles. The van der Waals surface area contributed by atoms with Crippen LogP contribution in [0, 0.1) is 5.92 Å². The van der Waals surface area contributed by atoms with Crippen molar-refractivity contribution in [2.75, 3.05) is 19.8 Å². The van der Waals surface area contributed by atoms with Crippen LogP contribution < -0.4 is 5.32 Å². The fraction of sp³-hybridized carbons (Fsp3) is 0.645. The molecule has 1 amide bonds. The lowest BCUT2D eigenvalue weighted by Crippen LogP contribution is -2.39. The van der Waals surface area contributed by atoms with Gasteiger partial charge in [-0.05, 0) is 75.6 Å². The van der Waals surface area contributed by atoms with E-state index in [1.807, 2.05) is 25.5 Å². The largest absolute Gasteiger partial charge is 0.417 e. The summed E-state index contributed by atoms with van der Waals surface area (Å²) in [4.78, 5) is 13.2. The van der Waals surface area contributed by atoms with Gasteiger partial charge in [0.1, 0.15) is 16.7 Å². The minimum Gasteiger partial charge on any atom is -0.381 e. The van der Waals surface area contributed by atoms with Gasteiger partial charge >= 0.3 is 6.18 Å². The Morgan fingerprint density at radius 2 is 1.78 bits per heavy atom. The van der Waals surface area contributed by atoms with Crippen molar-refractivity contribution in [3.05, 3.63) is 41.2 Å². The average Bonchev–Trinajstić information content (AvgIpc) is 3.47. The molecule has 2 aliphatic heterocycles. The van der Waals surface area contributed by atoms with E-state index in [0.29, 0.717) is 48.9 Å². The highest BCUT2D eigenvalue weighted by Gasteiger charge is 2.41. The van der Waals surface area contributed by atoms with E-state index < -0.39 is 28.3 Å². The van der Waals surface area contributed by atoms with Crippen molar-refractivity contribution in [3.63, 3.8) is 0 Å². The number of hydrogen-bond acceptors (Lipinski definition) is 3. The van der Waals surface area contributed by atoms with Crippen LogP contribution in [0.5, 0.6) is 0 Å². The average molecular weight is 594 g/mol. The highest BCUT2D eigenvalue weighted by molar-refractivity contribution is 7.82. The number of carbonyl (C=O) groups is 1. The zero-order valence-electron chi connectivity index (χ0n) is 24.3. The van der Waals surface area contributed by atoms with Crippen molar-refractivity contribution >= 4 is 16.9 Å². The maximum absolute atomic E-state index is 14.5. The number of amides is 1. The van der Waals surface area contributed by atoms with Crippen LogP contribution in [-0.2, 0) is 35.4 Å². The smallest absolute Gasteiger partial charge is 0.381 e. The Morgan fingerprint density at radius 1 is 1.07 bits per heavy atom. The summed E-state index contributed by atoms with van der Waals surface area (Å²) in [6.07, 6.45) is 4.73. The summed E-state index contributed by atoms with van der Waals surface area (Å²) in [6.45, 7) is 5.54. The van der Waals surface area contributed by atoms with Gasteiger partial charge in [0.2, 0.25) is 0 Å². The van der Waals surface area contributed by atoms with Gasteiger partial charge in [0.05, 0.1) is 10.5 Å². The number of alkyl halides is 3. The van der Waals surface area contributed by atoms with Gasteiger partial charge in [0.25, 0.3) is 5.91 Å². The van der Waals surface area contributed by atoms with Crippen LogP contribution in [0.4, 0.5) is 13.2 Å². The second-order valence-electron chi connectivity index (χ2n) is 12.5. The first kappa shape index (κ1) is 30.3. The highest BCUT2D eigenvalue weighted by atomic mass is 32.2. The number of nitrogens with zero attached hydrogens (tertiary/aromatic N) is 2. The van der Waals surface area contributed by atoms with Gasteiger partial charge in [-0.15, -0.1) is 0 Å². The normalized spacial score (nSPS) is 21.7. The Labute approximate surface area is 243 Å². The second-order valence-corrected chi connectivity index (χ2v) is 13.9. The second kappa shape index (κ2) is 12.2. The Hall–Kier alpha value is -2.17. The van der Waals surface area contributed by atoms with E-state index in [-0.39, 0.29) is 16.8 Å². The van der Waals surface area contributed by atoms with Crippen LogP contribution in [0.25, 0.3) is 11.1 Å². The number of rotatable bonds is 7. The third-order valence-electron chi connectivity index (χ3n) is 9.16. The highest BCUT2D eigenvalue weighted by Crippen LogP contribution is 2.41. The third kappa shape index (κ3) is 6.59. The topological polar surface area (TPSA) is 63.6 Å². The monoisotopic (exact) mass is 593 g/mol. The molecule has 1 atom stereocenters. The number of aromatic nitrogens is 1. The van der Waals surface area contributed by atoms with Crippen molar-refractivity contribution in [2.45, 2.75) is 101 Å². The predicted octanol–water partition coefficient (Wildman–Crippen LogP) is 6.64. The molecular weight excluding hydrogens is 551 g/mol. The van der Waals surface area contributed by atoms with Gasteiger partial charge < -0.3 is 14.6 Å². The molecule has 6 nitrogen and oxygen atoms in total. The van der Waals surface area contributed by atoms with Crippen LogP contribution in [0.2, 0.25) is 0 Å². The minimum atomic E-state index is -4.67. The lowest BCUT2D eigenvalue weighted by Gasteiger charge is -2.30. The van der Waals surface area contributed by atoms with E-state index in [1.165, 1.54) is 12.5 Å². The molecule has 2 saturated heterocycles. The van der Waals surface area contributed by atoms with Gasteiger partial charge in [-0.1, -0.05) is 38.2 Å². The zero-order valence-corrected chi connectivity index (χ0v) is 25.1. The first-order chi connectivity index (χ1) is 19.5. The Morgan fingerprint density at radius 3 is 2.41 bits per heavy atom. The number of halogens is 3. The van der Waals surface area contributed by atoms with Gasteiger partial charge in [0, 0.05) is 49.6 Å². The van der Waals surface area contributed by atoms with Crippen LogP contribution in [0.1, 0.15) is 93.4 Å². The molecule has 3 fully saturated rings. The molecule has 10 heteroatoms. The number of carbonyl (C=O) groups excluding carboxylic acids is 1. The molecule has 1 N–H and O–H groups in total. The molecule has 41 heavy (non-hydrogen) atoms. The van der Waals surface area contributed by atoms with Gasteiger partial charge in [-0.3, -0.25) is 4.79 Å². The third-order valence-corrected chi connectivity index (χ3v) is 11.0. The molecule has 3 heterocycles. The summed E-state index contributed by atoms with van der Waals surface area (Å²) in [5, 5.41) is 3.10. The van der Waals surface area contributed by atoms with E-state index in [0.717, 1.165) is 63.1 Å². The van der Waals surface area contributed by atoms with Crippen LogP contribution in [0.15, 0.2) is 29.2 Å². The predicted molar refractivity (Wildman–Crippen MR) is 154 cm³/mol. The first-order valence-electron chi connectivity index (χ1n) is 14.9. The molecule has 0 radical (unpaired) electrons. The standard InChI is InChI=1S/C31H42F3N3O3S/c1-30(2)14-7-15-37(30)41(39)28-11-10-22(19-25(28)31(32,33)34)24-20-27(29(38)35-23-12-16-40-17-13-23)36(3)26(24)18-21-8-5-4-6-9-21/h10-11,19-21,23H,4-9,12-18H2,1-3H3,(H,35,38).